The SMILES string of the molecule is CN1CCN(c2ccc(-n3cnc(Nc4cnc(C#N)cn4)c3)cc2F)CC1. The molecule has 3 heterocycles. The maximum Gasteiger partial charge on any atom is 0.158 e. The van der Waals surface area contributed by atoms with Crippen LogP contribution in [0.1, 0.15) is 5.69 Å². The third-order valence-corrected chi connectivity index (χ3v) is 4.68. The molecule has 8 nitrogen and oxygen atoms in total. The Bertz CT molecular complexity index is 1000. The first-order valence-electron chi connectivity index (χ1n) is 8.89. The number of hydrogen-bond acceptors (Lipinski definition) is 7. The summed E-state index contributed by atoms with van der Waals surface area (Å²) in [6.07, 6.45) is 6.18. The molecule has 142 valence electrons. The second-order valence-corrected chi connectivity index (χ2v) is 6.62. The lowest BCUT2D eigenvalue weighted by Crippen LogP contribution is -2.44. The van der Waals surface area contributed by atoms with Crippen LogP contribution >= 0.6 is 0 Å². The Labute approximate surface area is 161 Å². The van der Waals surface area contributed by atoms with Crippen LogP contribution in [0.4, 0.5) is 21.7 Å². The number of hydrogen-bond donors (Lipinski definition) is 1. The third-order valence-electron chi connectivity index (χ3n) is 4.68. The zero-order valence-electron chi connectivity index (χ0n) is 15.4. The smallest absolute Gasteiger partial charge is 0.158 e. The first-order valence-corrected chi connectivity index (χ1v) is 8.89. The average Bonchev–Trinajstić information content (AvgIpc) is 3.18. The molecule has 1 N–H and O–H groups in total. The number of imidazole rings is 1. The topological polar surface area (TPSA) is 85.9 Å². The predicted molar refractivity (Wildman–Crippen MR) is 103 cm³/mol. The lowest BCUT2D eigenvalue weighted by molar-refractivity contribution is 0.311. The number of piperazine rings is 1. The molecule has 1 aromatic carbocycles. The maximum atomic E-state index is 14.7. The highest BCUT2D eigenvalue weighted by atomic mass is 19.1. The molecular weight excluding hydrogens is 359 g/mol. The molecular formula is C19H19FN8. The van der Waals surface area contributed by atoms with Crippen molar-refractivity contribution >= 4 is 17.3 Å². The lowest BCUT2D eigenvalue weighted by atomic mass is 10.2. The van der Waals surface area contributed by atoms with Crippen molar-refractivity contribution in [2.45, 2.75) is 0 Å². The summed E-state index contributed by atoms with van der Waals surface area (Å²) in [5.41, 5.74) is 1.55. The van der Waals surface area contributed by atoms with Gasteiger partial charge in [-0.25, -0.2) is 19.3 Å². The van der Waals surface area contributed by atoms with E-state index in [-0.39, 0.29) is 11.5 Å². The van der Waals surface area contributed by atoms with Crippen molar-refractivity contribution in [3.05, 3.63) is 54.6 Å². The number of benzene rings is 1. The van der Waals surface area contributed by atoms with Gasteiger partial charge >= 0.3 is 0 Å². The summed E-state index contributed by atoms with van der Waals surface area (Å²) in [7, 11) is 2.07. The van der Waals surface area contributed by atoms with Gasteiger partial charge in [-0.15, -0.1) is 0 Å². The first-order chi connectivity index (χ1) is 13.6. The molecule has 0 radical (unpaired) electrons. The highest BCUT2D eigenvalue weighted by Gasteiger charge is 2.17. The molecule has 28 heavy (non-hydrogen) atoms. The van der Waals surface area contributed by atoms with Crippen LogP contribution in [0.5, 0.6) is 0 Å². The fraction of sp³-hybridized carbons (Fsp3) is 0.263. The quantitative estimate of drug-likeness (QED) is 0.745. The van der Waals surface area contributed by atoms with Crippen LogP contribution in [-0.4, -0.2) is 57.6 Å². The predicted octanol–water partition coefficient (Wildman–Crippen LogP) is 2.17. The Hall–Kier alpha value is -3.51. The number of aromatic nitrogens is 4. The van der Waals surface area contributed by atoms with Crippen LogP contribution < -0.4 is 10.2 Å². The molecule has 1 saturated heterocycles. The fourth-order valence-corrected chi connectivity index (χ4v) is 3.07. The van der Waals surface area contributed by atoms with Gasteiger partial charge in [0.05, 0.1) is 24.3 Å². The Kier molecular flexibility index (Phi) is 4.87. The Morgan fingerprint density at radius 1 is 1.07 bits per heavy atom. The van der Waals surface area contributed by atoms with E-state index in [1.807, 2.05) is 18.2 Å². The van der Waals surface area contributed by atoms with Crippen molar-refractivity contribution in [1.82, 2.24) is 24.4 Å². The fourth-order valence-electron chi connectivity index (χ4n) is 3.07. The monoisotopic (exact) mass is 378 g/mol. The molecule has 0 unspecified atom stereocenters. The van der Waals surface area contributed by atoms with Gasteiger partial charge in [0.25, 0.3) is 0 Å². The zero-order chi connectivity index (χ0) is 19.5. The lowest BCUT2D eigenvalue weighted by Gasteiger charge is -2.34. The standard InChI is InChI=1S/C19H19FN8/c1-26-4-6-27(7-5-26)17-3-2-15(8-16(17)20)28-12-19(24-13-28)25-18-11-22-14(9-21)10-23-18/h2-3,8,10-13H,4-7H2,1H3,(H,23,25). The van der Waals surface area contributed by atoms with Crippen molar-refractivity contribution in [1.29, 1.82) is 5.26 Å². The maximum absolute atomic E-state index is 14.7. The van der Waals surface area contributed by atoms with E-state index in [1.54, 1.807) is 17.1 Å². The third kappa shape index (κ3) is 3.77. The van der Waals surface area contributed by atoms with Gasteiger partial charge < -0.3 is 19.7 Å². The second-order valence-electron chi connectivity index (χ2n) is 6.62. The number of halogens is 1. The van der Waals surface area contributed by atoms with Crippen molar-refractivity contribution in [3.8, 4) is 11.8 Å². The number of rotatable bonds is 4. The van der Waals surface area contributed by atoms with E-state index >= 15 is 0 Å². The first kappa shape index (κ1) is 17.9. The van der Waals surface area contributed by atoms with Gasteiger partial charge in [0.2, 0.25) is 0 Å². The molecule has 1 fully saturated rings. The molecule has 0 bridgehead atoms. The van der Waals surface area contributed by atoms with E-state index in [0.29, 0.717) is 23.0 Å². The van der Waals surface area contributed by atoms with Crippen molar-refractivity contribution in [3.63, 3.8) is 0 Å². The van der Waals surface area contributed by atoms with Crippen LogP contribution in [0.15, 0.2) is 43.1 Å². The highest BCUT2D eigenvalue weighted by molar-refractivity contribution is 5.55. The highest BCUT2D eigenvalue weighted by Crippen LogP contribution is 2.24. The average molecular weight is 378 g/mol. The Balaban J connectivity index is 1.49. The molecule has 1 aliphatic heterocycles. The number of anilines is 3. The van der Waals surface area contributed by atoms with E-state index in [4.69, 9.17) is 5.26 Å². The molecule has 0 atom stereocenters. The van der Waals surface area contributed by atoms with Gasteiger partial charge in [-0.1, -0.05) is 0 Å². The number of nitriles is 1. The summed E-state index contributed by atoms with van der Waals surface area (Å²) < 4.78 is 16.4. The van der Waals surface area contributed by atoms with Crippen molar-refractivity contribution in [2.24, 2.45) is 0 Å². The van der Waals surface area contributed by atoms with Crippen LogP contribution in [0.2, 0.25) is 0 Å². The molecule has 0 saturated carbocycles. The molecule has 0 amide bonds. The van der Waals surface area contributed by atoms with Crippen molar-refractivity contribution < 1.29 is 4.39 Å². The van der Waals surface area contributed by atoms with E-state index in [1.165, 1.54) is 18.5 Å². The minimum atomic E-state index is -0.247. The summed E-state index contributed by atoms with van der Waals surface area (Å²) in [5.74, 6) is 0.770. The summed E-state index contributed by atoms with van der Waals surface area (Å²) in [4.78, 5) is 16.6. The number of likely N-dealkylation sites (N-methyl/N-ethyl adjacent to an activating group) is 1. The van der Waals surface area contributed by atoms with E-state index in [0.717, 1.165) is 26.2 Å². The number of nitrogens with zero attached hydrogens (tertiary/aromatic N) is 7. The van der Waals surface area contributed by atoms with Gasteiger partial charge in [0.15, 0.2) is 5.69 Å². The summed E-state index contributed by atoms with van der Waals surface area (Å²) in [5, 5.41) is 11.8. The zero-order valence-corrected chi connectivity index (χ0v) is 15.4. The van der Waals surface area contributed by atoms with Crippen LogP contribution in [0, 0.1) is 17.1 Å². The molecule has 1 aliphatic rings. The summed E-state index contributed by atoms with van der Waals surface area (Å²) in [6.45, 7) is 3.49. The Morgan fingerprint density at radius 3 is 2.57 bits per heavy atom. The number of nitrogens with one attached hydrogen (secondary N) is 1. The van der Waals surface area contributed by atoms with Crippen LogP contribution in [0.3, 0.4) is 0 Å². The van der Waals surface area contributed by atoms with Crippen LogP contribution in [0.25, 0.3) is 5.69 Å². The normalized spacial score (nSPS) is 14.7. The molecule has 2 aromatic heterocycles. The minimum Gasteiger partial charge on any atom is -0.367 e. The summed E-state index contributed by atoms with van der Waals surface area (Å²) in [6, 6.07) is 7.12. The summed E-state index contributed by atoms with van der Waals surface area (Å²) >= 11 is 0. The van der Waals surface area contributed by atoms with Gasteiger partial charge in [-0.05, 0) is 19.2 Å². The largest absolute Gasteiger partial charge is 0.367 e. The van der Waals surface area contributed by atoms with E-state index in [9.17, 15) is 4.39 Å². The molecule has 0 aliphatic carbocycles. The minimum absolute atomic E-state index is 0.243. The van der Waals surface area contributed by atoms with Crippen molar-refractivity contribution in [2.75, 3.05) is 43.4 Å². The molecule has 0 spiro atoms. The van der Waals surface area contributed by atoms with Gasteiger partial charge in [0, 0.05) is 37.9 Å². The molecule has 4 rings (SSSR count). The van der Waals surface area contributed by atoms with Gasteiger partial charge in [-0.3, -0.25) is 0 Å². The second kappa shape index (κ2) is 7.62. The van der Waals surface area contributed by atoms with E-state index < -0.39 is 0 Å². The molecule has 3 aromatic rings. The van der Waals surface area contributed by atoms with Gasteiger partial charge in [-0.2, -0.15) is 5.26 Å². The van der Waals surface area contributed by atoms with E-state index in [2.05, 4.69) is 37.1 Å². The van der Waals surface area contributed by atoms with Crippen LogP contribution in [-0.2, 0) is 0 Å². The van der Waals surface area contributed by atoms with Gasteiger partial charge in [0.1, 0.15) is 29.8 Å². The Morgan fingerprint density at radius 2 is 1.89 bits per heavy atom. The molecule has 9 heteroatoms.